The Morgan fingerprint density at radius 1 is 1.10 bits per heavy atom. The Hall–Kier alpha value is -1.85. The first kappa shape index (κ1) is 19.1. The number of carboxylic acids is 1. The lowest BCUT2D eigenvalue weighted by atomic mass is 9.95. The first-order valence-corrected chi connectivity index (χ1v) is 7.15. The number of hydrogen-bond acceptors (Lipinski definition) is 5. The van der Waals surface area contributed by atoms with Crippen molar-refractivity contribution in [2.45, 2.75) is 46.0 Å². The lowest BCUT2D eigenvalue weighted by Gasteiger charge is -2.16. The second-order valence-corrected chi connectivity index (χ2v) is 4.74. The van der Waals surface area contributed by atoms with Crippen LogP contribution < -0.4 is 0 Å². The van der Waals surface area contributed by atoms with E-state index in [1.54, 1.807) is 0 Å². The summed E-state index contributed by atoms with van der Waals surface area (Å²) in [5.41, 5.74) is 0.160. The van der Waals surface area contributed by atoms with Gasteiger partial charge in [0.05, 0.1) is 19.1 Å². The minimum absolute atomic E-state index is 0.0539. The van der Waals surface area contributed by atoms with Crippen LogP contribution in [0.3, 0.4) is 0 Å². The van der Waals surface area contributed by atoms with Crippen LogP contribution in [0.5, 0.6) is 0 Å². The second kappa shape index (κ2) is 10.9. The smallest absolute Gasteiger partial charge is 0.333 e. The number of carbonyl (C=O) groups excluding carboxylic acids is 2. The van der Waals surface area contributed by atoms with Crippen molar-refractivity contribution in [2.75, 3.05) is 13.2 Å². The van der Waals surface area contributed by atoms with Crippen LogP contribution in [0.15, 0.2) is 12.2 Å². The molecule has 0 heterocycles. The Kier molecular flexibility index (Phi) is 9.92. The molecule has 0 radical (unpaired) electrons. The van der Waals surface area contributed by atoms with Gasteiger partial charge in [-0.2, -0.15) is 0 Å². The average molecular weight is 300 g/mol. The predicted molar refractivity (Wildman–Crippen MR) is 76.6 cm³/mol. The Morgan fingerprint density at radius 2 is 1.67 bits per heavy atom. The van der Waals surface area contributed by atoms with Gasteiger partial charge in [0, 0.05) is 12.0 Å². The second-order valence-electron chi connectivity index (χ2n) is 4.74. The molecule has 6 heteroatoms. The van der Waals surface area contributed by atoms with E-state index < -0.39 is 23.8 Å². The monoisotopic (exact) mass is 300 g/mol. The minimum Gasteiger partial charge on any atom is -0.481 e. The Morgan fingerprint density at radius 3 is 2.19 bits per heavy atom. The van der Waals surface area contributed by atoms with Gasteiger partial charge >= 0.3 is 17.9 Å². The summed E-state index contributed by atoms with van der Waals surface area (Å²) in [7, 11) is 0. The minimum atomic E-state index is -0.998. The number of rotatable bonds is 11. The van der Waals surface area contributed by atoms with E-state index >= 15 is 0 Å². The van der Waals surface area contributed by atoms with Gasteiger partial charge in [0.25, 0.3) is 0 Å². The third-order valence-corrected chi connectivity index (χ3v) is 2.71. The van der Waals surface area contributed by atoms with Crippen LogP contribution >= 0.6 is 0 Å². The zero-order chi connectivity index (χ0) is 16.3. The number of esters is 2. The van der Waals surface area contributed by atoms with Gasteiger partial charge in [0.2, 0.25) is 0 Å². The normalized spacial score (nSPS) is 11.5. The maximum atomic E-state index is 11.9. The lowest BCUT2D eigenvalue weighted by molar-refractivity contribution is -0.149. The third kappa shape index (κ3) is 8.83. The molecule has 0 amide bonds. The number of hydrogen-bond donors (Lipinski definition) is 1. The van der Waals surface area contributed by atoms with Gasteiger partial charge in [-0.15, -0.1) is 0 Å². The van der Waals surface area contributed by atoms with Gasteiger partial charge in [-0.25, -0.2) is 4.79 Å². The van der Waals surface area contributed by atoms with Crippen LogP contribution in [0.2, 0.25) is 0 Å². The molecule has 1 N–H and O–H groups in total. The molecular formula is C15H24O6. The lowest BCUT2D eigenvalue weighted by Crippen LogP contribution is -2.22. The quantitative estimate of drug-likeness (QED) is 0.465. The van der Waals surface area contributed by atoms with Gasteiger partial charge in [-0.1, -0.05) is 20.4 Å². The van der Waals surface area contributed by atoms with Gasteiger partial charge in [-0.3, -0.25) is 9.59 Å². The van der Waals surface area contributed by atoms with Crippen molar-refractivity contribution in [1.82, 2.24) is 0 Å². The highest BCUT2D eigenvalue weighted by atomic mass is 16.5. The number of ether oxygens (including phenoxy) is 2. The molecule has 0 bridgehead atoms. The molecule has 120 valence electrons. The van der Waals surface area contributed by atoms with Crippen molar-refractivity contribution in [2.24, 2.45) is 5.92 Å². The molecule has 1 unspecified atom stereocenters. The summed E-state index contributed by atoms with van der Waals surface area (Å²) in [5.74, 6) is -2.74. The van der Waals surface area contributed by atoms with E-state index in [4.69, 9.17) is 14.6 Å². The van der Waals surface area contributed by atoms with Gasteiger partial charge in [-0.05, 0) is 25.7 Å². The van der Waals surface area contributed by atoms with Crippen LogP contribution in [-0.2, 0) is 23.9 Å². The number of aliphatic carboxylic acids is 1. The summed E-state index contributed by atoms with van der Waals surface area (Å²) in [4.78, 5) is 34.1. The first-order chi connectivity index (χ1) is 9.92. The molecule has 0 aliphatic carbocycles. The van der Waals surface area contributed by atoms with Gasteiger partial charge < -0.3 is 14.6 Å². The van der Waals surface area contributed by atoms with E-state index in [-0.39, 0.29) is 38.0 Å². The summed E-state index contributed by atoms with van der Waals surface area (Å²) >= 11 is 0. The van der Waals surface area contributed by atoms with Crippen LogP contribution in [0.4, 0.5) is 0 Å². The number of carbonyl (C=O) groups is 3. The topological polar surface area (TPSA) is 89.9 Å². The molecule has 0 fully saturated rings. The SMILES string of the molecule is C=C(CC(CCC(=O)O)C(=O)OCCC)C(=O)OCCC. The summed E-state index contributed by atoms with van der Waals surface area (Å²) in [6, 6.07) is 0. The summed E-state index contributed by atoms with van der Waals surface area (Å²) < 4.78 is 9.96. The molecule has 1 atom stereocenters. The van der Waals surface area contributed by atoms with E-state index in [1.807, 2.05) is 13.8 Å². The fourth-order valence-corrected chi connectivity index (χ4v) is 1.60. The third-order valence-electron chi connectivity index (χ3n) is 2.71. The molecule has 0 rings (SSSR count). The maximum absolute atomic E-state index is 11.9. The zero-order valence-corrected chi connectivity index (χ0v) is 12.7. The predicted octanol–water partition coefficient (Wildman–Crippen LogP) is 2.32. The molecule has 0 saturated carbocycles. The van der Waals surface area contributed by atoms with Gasteiger partial charge in [0.15, 0.2) is 0 Å². The molecule has 0 aromatic rings. The maximum Gasteiger partial charge on any atom is 0.333 e. The van der Waals surface area contributed by atoms with Crippen molar-refractivity contribution in [3.8, 4) is 0 Å². The molecule has 0 spiro atoms. The summed E-state index contributed by atoms with van der Waals surface area (Å²) in [6.07, 6.45) is 1.37. The van der Waals surface area contributed by atoms with Crippen LogP contribution in [0.25, 0.3) is 0 Å². The zero-order valence-electron chi connectivity index (χ0n) is 12.7. The van der Waals surface area contributed by atoms with E-state index in [1.165, 1.54) is 0 Å². The molecule has 6 nitrogen and oxygen atoms in total. The fraction of sp³-hybridized carbons (Fsp3) is 0.667. The van der Waals surface area contributed by atoms with Crippen molar-refractivity contribution < 1.29 is 29.0 Å². The van der Waals surface area contributed by atoms with Crippen molar-refractivity contribution in [1.29, 1.82) is 0 Å². The molecule has 0 aromatic heterocycles. The summed E-state index contributed by atoms with van der Waals surface area (Å²) in [5, 5.41) is 8.71. The van der Waals surface area contributed by atoms with E-state index in [0.717, 1.165) is 0 Å². The molecule has 0 aromatic carbocycles. The Balaban J connectivity index is 4.56. The summed E-state index contributed by atoms with van der Waals surface area (Å²) in [6.45, 7) is 7.90. The molecule has 0 aliphatic rings. The highest BCUT2D eigenvalue weighted by Gasteiger charge is 2.24. The molecule has 0 aliphatic heterocycles. The average Bonchev–Trinajstić information content (AvgIpc) is 2.45. The number of carboxylic acid groups (broad SMARTS) is 1. The van der Waals surface area contributed by atoms with Crippen LogP contribution in [0.1, 0.15) is 46.0 Å². The fourth-order valence-electron chi connectivity index (χ4n) is 1.60. The highest BCUT2D eigenvalue weighted by Crippen LogP contribution is 2.19. The van der Waals surface area contributed by atoms with E-state index in [9.17, 15) is 14.4 Å². The van der Waals surface area contributed by atoms with Crippen molar-refractivity contribution in [3.63, 3.8) is 0 Å². The Bertz CT molecular complexity index is 374. The molecule has 21 heavy (non-hydrogen) atoms. The molecular weight excluding hydrogens is 276 g/mol. The molecule has 0 saturated heterocycles. The van der Waals surface area contributed by atoms with E-state index in [2.05, 4.69) is 6.58 Å². The van der Waals surface area contributed by atoms with Crippen molar-refractivity contribution >= 4 is 17.9 Å². The van der Waals surface area contributed by atoms with E-state index in [0.29, 0.717) is 12.8 Å². The van der Waals surface area contributed by atoms with Gasteiger partial charge in [0.1, 0.15) is 0 Å². The Labute approximate surface area is 125 Å². The van der Waals surface area contributed by atoms with Crippen LogP contribution in [0, 0.1) is 5.92 Å². The van der Waals surface area contributed by atoms with Crippen LogP contribution in [-0.4, -0.2) is 36.2 Å². The first-order valence-electron chi connectivity index (χ1n) is 7.15. The highest BCUT2D eigenvalue weighted by molar-refractivity contribution is 5.88. The largest absolute Gasteiger partial charge is 0.481 e. The standard InChI is InChI=1S/C15H24O6/c1-4-8-20-14(18)11(3)10-12(6-7-13(16)17)15(19)21-9-5-2/h12H,3-10H2,1-2H3,(H,16,17). The van der Waals surface area contributed by atoms with Crippen molar-refractivity contribution in [3.05, 3.63) is 12.2 Å².